The Morgan fingerprint density at radius 3 is 2.71 bits per heavy atom. The predicted octanol–water partition coefficient (Wildman–Crippen LogP) is -0.761. The van der Waals surface area contributed by atoms with Crippen LogP contribution in [0.25, 0.3) is 0 Å². The summed E-state index contributed by atoms with van der Waals surface area (Å²) >= 11 is 0. The van der Waals surface area contributed by atoms with Crippen LogP contribution in [0.5, 0.6) is 0 Å². The summed E-state index contributed by atoms with van der Waals surface area (Å²) in [5.74, 6) is -0.168. The molecule has 0 spiro atoms. The highest BCUT2D eigenvalue weighted by atomic mass is 16.5. The molecule has 0 bridgehead atoms. The minimum absolute atomic E-state index is 0.168. The fraction of sp³-hybridized carbons (Fsp3) is 0.889. The number of aliphatic hydroxyl groups excluding tert-OH is 1. The molecular weight excluding hydrogens is 184 g/mol. The second kappa shape index (κ2) is 8.93. The molecule has 4 N–H and O–H groups in total. The zero-order valence-electron chi connectivity index (χ0n) is 8.66. The summed E-state index contributed by atoms with van der Waals surface area (Å²) in [5, 5.41) is 11.2. The van der Waals surface area contributed by atoms with Crippen LogP contribution in [-0.2, 0) is 9.53 Å². The van der Waals surface area contributed by atoms with Crippen molar-refractivity contribution in [3.8, 4) is 0 Å². The van der Waals surface area contributed by atoms with E-state index in [0.29, 0.717) is 6.54 Å². The van der Waals surface area contributed by atoms with E-state index in [0.717, 1.165) is 19.3 Å². The van der Waals surface area contributed by atoms with Gasteiger partial charge in [0.05, 0.1) is 0 Å². The quantitative estimate of drug-likeness (QED) is 0.454. The highest BCUT2D eigenvalue weighted by Crippen LogP contribution is 1.93. The molecule has 1 unspecified atom stereocenters. The molecular formula is C9H20N2O3. The fourth-order valence-corrected chi connectivity index (χ4v) is 1.05. The maximum absolute atomic E-state index is 11.3. The van der Waals surface area contributed by atoms with Crippen molar-refractivity contribution in [1.82, 2.24) is 5.32 Å². The molecule has 0 aromatic heterocycles. The largest absolute Gasteiger partial charge is 0.396 e. The fourth-order valence-electron chi connectivity index (χ4n) is 1.05. The van der Waals surface area contributed by atoms with Gasteiger partial charge in [-0.05, 0) is 19.3 Å². The maximum Gasteiger partial charge on any atom is 0.250 e. The van der Waals surface area contributed by atoms with Gasteiger partial charge in [0.2, 0.25) is 5.91 Å². The van der Waals surface area contributed by atoms with Crippen LogP contribution in [0.2, 0.25) is 0 Å². The van der Waals surface area contributed by atoms with Gasteiger partial charge in [-0.3, -0.25) is 4.79 Å². The van der Waals surface area contributed by atoms with E-state index in [4.69, 9.17) is 15.6 Å². The zero-order valence-corrected chi connectivity index (χ0v) is 8.66. The number of hydrogen-bond acceptors (Lipinski definition) is 4. The predicted molar refractivity (Wildman–Crippen MR) is 53.8 cm³/mol. The molecule has 0 aliphatic heterocycles. The lowest BCUT2D eigenvalue weighted by molar-refractivity contribution is -0.130. The van der Waals surface area contributed by atoms with E-state index in [1.807, 2.05) is 0 Å². The molecule has 5 nitrogen and oxygen atoms in total. The van der Waals surface area contributed by atoms with E-state index in [9.17, 15) is 4.79 Å². The van der Waals surface area contributed by atoms with Gasteiger partial charge in [-0.25, -0.2) is 0 Å². The lowest BCUT2D eigenvalue weighted by Crippen LogP contribution is -2.40. The SMILES string of the molecule is COC(CN)C(=O)NCCCCCO. The van der Waals surface area contributed by atoms with Gasteiger partial charge in [0.25, 0.3) is 0 Å². The van der Waals surface area contributed by atoms with E-state index in [1.54, 1.807) is 0 Å². The number of nitrogens with two attached hydrogens (primary N) is 1. The number of nitrogens with one attached hydrogen (secondary N) is 1. The average molecular weight is 204 g/mol. The van der Waals surface area contributed by atoms with Gasteiger partial charge in [0, 0.05) is 26.8 Å². The molecule has 0 heterocycles. The first-order chi connectivity index (χ1) is 6.76. The van der Waals surface area contributed by atoms with Crippen molar-refractivity contribution in [2.75, 3.05) is 26.8 Å². The topological polar surface area (TPSA) is 84.6 Å². The maximum atomic E-state index is 11.3. The van der Waals surface area contributed by atoms with Crippen LogP contribution < -0.4 is 11.1 Å². The Hall–Kier alpha value is -0.650. The van der Waals surface area contributed by atoms with Crippen LogP contribution in [-0.4, -0.2) is 43.9 Å². The lowest BCUT2D eigenvalue weighted by atomic mass is 10.2. The van der Waals surface area contributed by atoms with Crippen molar-refractivity contribution in [1.29, 1.82) is 0 Å². The summed E-state index contributed by atoms with van der Waals surface area (Å²) in [6.07, 6.45) is 2.01. The molecule has 0 rings (SSSR count). The zero-order chi connectivity index (χ0) is 10.8. The molecule has 0 saturated carbocycles. The van der Waals surface area contributed by atoms with E-state index >= 15 is 0 Å². The molecule has 0 aliphatic carbocycles. The van der Waals surface area contributed by atoms with Gasteiger partial charge in [-0.1, -0.05) is 0 Å². The number of amides is 1. The van der Waals surface area contributed by atoms with Gasteiger partial charge in [0.1, 0.15) is 6.10 Å². The second-order valence-corrected chi connectivity index (χ2v) is 3.04. The minimum atomic E-state index is -0.548. The third-order valence-corrected chi connectivity index (χ3v) is 1.93. The Kier molecular flexibility index (Phi) is 8.51. The van der Waals surface area contributed by atoms with E-state index in [2.05, 4.69) is 5.32 Å². The lowest BCUT2D eigenvalue weighted by Gasteiger charge is -2.12. The van der Waals surface area contributed by atoms with Gasteiger partial charge in [-0.15, -0.1) is 0 Å². The Morgan fingerprint density at radius 1 is 1.50 bits per heavy atom. The van der Waals surface area contributed by atoms with Crippen LogP contribution in [0.3, 0.4) is 0 Å². The van der Waals surface area contributed by atoms with E-state index in [-0.39, 0.29) is 19.1 Å². The third-order valence-electron chi connectivity index (χ3n) is 1.93. The summed E-state index contributed by atoms with van der Waals surface area (Å²) in [4.78, 5) is 11.3. The van der Waals surface area contributed by atoms with Crippen LogP contribution in [0.4, 0.5) is 0 Å². The summed E-state index contributed by atoms with van der Waals surface area (Å²) in [6.45, 7) is 1.01. The van der Waals surface area contributed by atoms with E-state index in [1.165, 1.54) is 7.11 Å². The molecule has 0 aromatic rings. The molecule has 0 aliphatic rings. The Labute approximate surface area is 84.6 Å². The monoisotopic (exact) mass is 204 g/mol. The van der Waals surface area contributed by atoms with Crippen molar-refractivity contribution < 1.29 is 14.6 Å². The molecule has 0 aromatic carbocycles. The first-order valence-corrected chi connectivity index (χ1v) is 4.87. The molecule has 1 amide bonds. The number of unbranched alkanes of at least 4 members (excludes halogenated alkanes) is 2. The first kappa shape index (κ1) is 13.4. The molecule has 14 heavy (non-hydrogen) atoms. The highest BCUT2D eigenvalue weighted by Gasteiger charge is 2.14. The second-order valence-electron chi connectivity index (χ2n) is 3.04. The molecule has 0 fully saturated rings. The van der Waals surface area contributed by atoms with Gasteiger partial charge in [0.15, 0.2) is 0 Å². The summed E-state index contributed by atoms with van der Waals surface area (Å²) in [6, 6.07) is 0. The van der Waals surface area contributed by atoms with Crippen LogP contribution in [0.15, 0.2) is 0 Å². The highest BCUT2D eigenvalue weighted by molar-refractivity contribution is 5.80. The standard InChI is InChI=1S/C9H20N2O3/c1-14-8(7-10)9(13)11-5-3-2-4-6-12/h8,12H,2-7,10H2,1H3,(H,11,13). The van der Waals surface area contributed by atoms with Crippen molar-refractivity contribution in [2.45, 2.75) is 25.4 Å². The van der Waals surface area contributed by atoms with Crippen molar-refractivity contribution in [3.05, 3.63) is 0 Å². The Balaban J connectivity index is 3.43. The molecule has 84 valence electrons. The van der Waals surface area contributed by atoms with Crippen molar-refractivity contribution in [2.24, 2.45) is 5.73 Å². The Bertz CT molecular complexity index is 149. The summed E-state index contributed by atoms with van der Waals surface area (Å²) in [5.41, 5.74) is 5.32. The number of rotatable bonds is 8. The molecule has 1 atom stereocenters. The number of aliphatic hydroxyl groups is 1. The van der Waals surface area contributed by atoms with Gasteiger partial charge < -0.3 is 20.9 Å². The van der Waals surface area contributed by atoms with Gasteiger partial charge >= 0.3 is 0 Å². The van der Waals surface area contributed by atoms with Gasteiger partial charge in [-0.2, -0.15) is 0 Å². The number of ether oxygens (including phenoxy) is 1. The van der Waals surface area contributed by atoms with Crippen molar-refractivity contribution in [3.63, 3.8) is 0 Å². The number of hydrogen-bond donors (Lipinski definition) is 3. The number of methoxy groups -OCH3 is 1. The number of carbonyl (C=O) groups excluding carboxylic acids is 1. The normalized spacial score (nSPS) is 12.5. The first-order valence-electron chi connectivity index (χ1n) is 4.87. The molecule has 5 heteroatoms. The molecule has 0 radical (unpaired) electrons. The van der Waals surface area contributed by atoms with Crippen LogP contribution in [0, 0.1) is 0 Å². The van der Waals surface area contributed by atoms with E-state index < -0.39 is 6.10 Å². The van der Waals surface area contributed by atoms with Crippen LogP contribution >= 0.6 is 0 Å². The smallest absolute Gasteiger partial charge is 0.250 e. The van der Waals surface area contributed by atoms with Crippen molar-refractivity contribution >= 4 is 5.91 Å². The summed E-state index contributed by atoms with van der Waals surface area (Å²) < 4.78 is 4.86. The Morgan fingerprint density at radius 2 is 2.21 bits per heavy atom. The third kappa shape index (κ3) is 5.90. The minimum Gasteiger partial charge on any atom is -0.396 e. The molecule has 0 saturated heterocycles. The number of carbonyl (C=O) groups is 1. The van der Waals surface area contributed by atoms with Crippen LogP contribution in [0.1, 0.15) is 19.3 Å². The average Bonchev–Trinajstić information content (AvgIpc) is 2.19. The summed E-state index contributed by atoms with van der Waals surface area (Å²) in [7, 11) is 1.46.